The lowest BCUT2D eigenvalue weighted by Gasteiger charge is -2.22. The first-order chi connectivity index (χ1) is 9.78. The molecule has 0 atom stereocenters. The molecule has 0 saturated heterocycles. The molecule has 1 fully saturated rings. The predicted molar refractivity (Wildman–Crippen MR) is 82.1 cm³/mol. The SMILES string of the molecule is CS(=O)(=O)NCc1ccc(NC(=O)C2(N)CCCC2)cc1. The Morgan fingerprint density at radius 3 is 2.33 bits per heavy atom. The fraction of sp³-hybridized carbons (Fsp3) is 0.500. The highest BCUT2D eigenvalue weighted by atomic mass is 32.2. The first-order valence-electron chi connectivity index (χ1n) is 6.92. The first kappa shape index (κ1) is 15.9. The topological polar surface area (TPSA) is 101 Å². The molecule has 7 heteroatoms. The number of hydrogen-bond acceptors (Lipinski definition) is 4. The van der Waals surface area contributed by atoms with Gasteiger partial charge in [-0.15, -0.1) is 0 Å². The van der Waals surface area contributed by atoms with E-state index in [0.717, 1.165) is 37.5 Å². The number of carbonyl (C=O) groups is 1. The second-order valence-corrected chi connectivity index (χ2v) is 7.44. The van der Waals surface area contributed by atoms with E-state index in [2.05, 4.69) is 10.0 Å². The van der Waals surface area contributed by atoms with Crippen molar-refractivity contribution < 1.29 is 13.2 Å². The highest BCUT2D eigenvalue weighted by Gasteiger charge is 2.36. The summed E-state index contributed by atoms with van der Waals surface area (Å²) in [5.41, 5.74) is 6.82. The molecule has 0 unspecified atom stereocenters. The van der Waals surface area contributed by atoms with E-state index in [1.807, 2.05) is 0 Å². The highest BCUT2D eigenvalue weighted by molar-refractivity contribution is 7.88. The minimum atomic E-state index is -3.21. The molecule has 0 aromatic heterocycles. The summed E-state index contributed by atoms with van der Waals surface area (Å²) in [6.07, 6.45) is 4.52. The molecule has 1 aliphatic carbocycles. The maximum atomic E-state index is 12.2. The van der Waals surface area contributed by atoms with Gasteiger partial charge < -0.3 is 11.1 Å². The van der Waals surface area contributed by atoms with Gasteiger partial charge in [0, 0.05) is 12.2 Å². The molecule has 0 bridgehead atoms. The van der Waals surface area contributed by atoms with Gasteiger partial charge in [-0.3, -0.25) is 4.79 Å². The van der Waals surface area contributed by atoms with Crippen LogP contribution in [0.2, 0.25) is 0 Å². The zero-order valence-corrected chi connectivity index (χ0v) is 12.9. The van der Waals surface area contributed by atoms with Crippen LogP contribution in [0.4, 0.5) is 5.69 Å². The summed E-state index contributed by atoms with van der Waals surface area (Å²) >= 11 is 0. The average Bonchev–Trinajstić information content (AvgIpc) is 2.85. The fourth-order valence-electron chi connectivity index (χ4n) is 2.41. The van der Waals surface area contributed by atoms with Crippen molar-refractivity contribution >= 4 is 21.6 Å². The van der Waals surface area contributed by atoms with Gasteiger partial charge >= 0.3 is 0 Å². The molecular formula is C14H21N3O3S. The molecule has 1 amide bonds. The van der Waals surface area contributed by atoms with Crippen LogP contribution in [0.5, 0.6) is 0 Å². The Balaban J connectivity index is 1.94. The molecule has 116 valence electrons. The normalized spacial score (nSPS) is 17.6. The molecule has 1 aliphatic rings. The standard InChI is InChI=1S/C14H21N3O3S/c1-21(19,20)16-10-11-4-6-12(7-5-11)17-13(18)14(15)8-2-3-9-14/h4-7,16H,2-3,8-10,15H2,1H3,(H,17,18). The van der Waals surface area contributed by atoms with Gasteiger partial charge in [0.25, 0.3) is 0 Å². The lowest BCUT2D eigenvalue weighted by Crippen LogP contribution is -2.48. The summed E-state index contributed by atoms with van der Waals surface area (Å²) < 4.78 is 24.4. The molecule has 1 aromatic rings. The van der Waals surface area contributed by atoms with Gasteiger partial charge in [-0.25, -0.2) is 13.1 Å². The van der Waals surface area contributed by atoms with Crippen LogP contribution in [0.1, 0.15) is 31.2 Å². The number of carbonyl (C=O) groups excluding carboxylic acids is 1. The lowest BCUT2D eigenvalue weighted by molar-refractivity contribution is -0.121. The molecule has 0 aliphatic heterocycles. The Morgan fingerprint density at radius 2 is 1.81 bits per heavy atom. The molecular weight excluding hydrogens is 290 g/mol. The van der Waals surface area contributed by atoms with Crippen molar-refractivity contribution in [2.45, 2.75) is 37.8 Å². The molecule has 1 aromatic carbocycles. The third-order valence-corrected chi connectivity index (χ3v) is 4.37. The summed E-state index contributed by atoms with van der Waals surface area (Å²) in [7, 11) is -3.21. The summed E-state index contributed by atoms with van der Waals surface area (Å²) in [6, 6.07) is 7.03. The first-order valence-corrected chi connectivity index (χ1v) is 8.82. The highest BCUT2D eigenvalue weighted by Crippen LogP contribution is 2.28. The van der Waals surface area contributed by atoms with Crippen LogP contribution in [0.3, 0.4) is 0 Å². The monoisotopic (exact) mass is 311 g/mol. The van der Waals surface area contributed by atoms with Crippen molar-refractivity contribution in [3.63, 3.8) is 0 Å². The summed E-state index contributed by atoms with van der Waals surface area (Å²) in [6.45, 7) is 0.230. The number of benzene rings is 1. The summed E-state index contributed by atoms with van der Waals surface area (Å²) in [4.78, 5) is 12.2. The zero-order chi connectivity index (χ0) is 15.5. The molecule has 21 heavy (non-hydrogen) atoms. The third kappa shape index (κ3) is 4.52. The Hall–Kier alpha value is -1.44. The molecule has 6 nitrogen and oxygen atoms in total. The second kappa shape index (κ2) is 6.13. The third-order valence-electron chi connectivity index (χ3n) is 3.70. The Labute approximate surface area is 125 Å². The minimum absolute atomic E-state index is 0.151. The lowest BCUT2D eigenvalue weighted by atomic mass is 9.98. The van der Waals surface area contributed by atoms with Crippen molar-refractivity contribution in [2.75, 3.05) is 11.6 Å². The number of nitrogens with two attached hydrogens (primary N) is 1. The zero-order valence-electron chi connectivity index (χ0n) is 12.1. The van der Waals surface area contributed by atoms with Crippen molar-refractivity contribution in [3.05, 3.63) is 29.8 Å². The second-order valence-electron chi connectivity index (χ2n) is 5.61. The minimum Gasteiger partial charge on any atom is -0.324 e. The van der Waals surface area contributed by atoms with Gasteiger partial charge in [-0.05, 0) is 30.5 Å². The van der Waals surface area contributed by atoms with E-state index in [0.29, 0.717) is 5.69 Å². The van der Waals surface area contributed by atoms with Gasteiger partial charge in [0.05, 0.1) is 11.8 Å². The molecule has 0 radical (unpaired) electrons. The summed E-state index contributed by atoms with van der Waals surface area (Å²) in [5, 5.41) is 2.82. The largest absolute Gasteiger partial charge is 0.324 e. The molecule has 0 heterocycles. The number of sulfonamides is 1. The van der Waals surface area contributed by atoms with E-state index in [9.17, 15) is 13.2 Å². The molecule has 4 N–H and O–H groups in total. The molecule has 1 saturated carbocycles. The van der Waals surface area contributed by atoms with Gasteiger partial charge in [-0.2, -0.15) is 0 Å². The van der Waals surface area contributed by atoms with Crippen LogP contribution in [-0.2, 0) is 21.4 Å². The van der Waals surface area contributed by atoms with Gasteiger partial charge in [0.1, 0.15) is 0 Å². The van der Waals surface area contributed by atoms with Crippen LogP contribution >= 0.6 is 0 Å². The maximum absolute atomic E-state index is 12.2. The van der Waals surface area contributed by atoms with E-state index in [1.54, 1.807) is 24.3 Å². The van der Waals surface area contributed by atoms with Crippen molar-refractivity contribution in [3.8, 4) is 0 Å². The Bertz CT molecular complexity index is 605. The van der Waals surface area contributed by atoms with Crippen molar-refractivity contribution in [1.29, 1.82) is 0 Å². The number of hydrogen-bond donors (Lipinski definition) is 3. The Morgan fingerprint density at radius 1 is 1.24 bits per heavy atom. The molecule has 0 spiro atoms. The maximum Gasteiger partial charge on any atom is 0.244 e. The van der Waals surface area contributed by atoms with E-state index in [4.69, 9.17) is 5.73 Å². The average molecular weight is 311 g/mol. The number of rotatable bonds is 5. The molecule has 2 rings (SSSR count). The van der Waals surface area contributed by atoms with E-state index < -0.39 is 15.6 Å². The van der Waals surface area contributed by atoms with E-state index in [1.165, 1.54) is 0 Å². The van der Waals surface area contributed by atoms with Gasteiger partial charge in [-0.1, -0.05) is 25.0 Å². The van der Waals surface area contributed by atoms with Crippen LogP contribution in [0.15, 0.2) is 24.3 Å². The van der Waals surface area contributed by atoms with Gasteiger partial charge in [0.2, 0.25) is 15.9 Å². The van der Waals surface area contributed by atoms with Crippen LogP contribution < -0.4 is 15.8 Å². The van der Waals surface area contributed by atoms with Gasteiger partial charge in [0.15, 0.2) is 0 Å². The van der Waals surface area contributed by atoms with Crippen LogP contribution in [0.25, 0.3) is 0 Å². The van der Waals surface area contributed by atoms with Crippen molar-refractivity contribution in [1.82, 2.24) is 4.72 Å². The fourth-order valence-corrected chi connectivity index (χ4v) is 2.84. The summed E-state index contributed by atoms with van der Waals surface area (Å²) in [5.74, 6) is -0.151. The smallest absolute Gasteiger partial charge is 0.244 e. The predicted octanol–water partition coefficient (Wildman–Crippen LogP) is 0.946. The van der Waals surface area contributed by atoms with E-state index in [-0.39, 0.29) is 12.5 Å². The Kier molecular flexibility index (Phi) is 4.65. The van der Waals surface area contributed by atoms with Crippen LogP contribution in [-0.4, -0.2) is 26.1 Å². The quantitative estimate of drug-likeness (QED) is 0.753. The van der Waals surface area contributed by atoms with Crippen LogP contribution in [0, 0.1) is 0 Å². The van der Waals surface area contributed by atoms with Crippen molar-refractivity contribution in [2.24, 2.45) is 5.73 Å². The number of anilines is 1. The van der Waals surface area contributed by atoms with E-state index >= 15 is 0 Å². The number of amides is 1. The number of nitrogens with one attached hydrogen (secondary N) is 2.